The molecule has 2 atom stereocenters. The first-order valence-electron chi connectivity index (χ1n) is 12.9. The maximum absolute atomic E-state index is 13.1. The summed E-state index contributed by atoms with van der Waals surface area (Å²) in [7, 11) is -3.68. The van der Waals surface area contributed by atoms with Crippen molar-refractivity contribution in [2.75, 3.05) is 16.9 Å². The summed E-state index contributed by atoms with van der Waals surface area (Å²) in [5.74, 6) is 0.771. The predicted molar refractivity (Wildman–Crippen MR) is 147 cm³/mol. The van der Waals surface area contributed by atoms with Crippen LogP contribution in [0.5, 0.6) is 0 Å². The summed E-state index contributed by atoms with van der Waals surface area (Å²) in [5.41, 5.74) is 11.2. The molecule has 6 heterocycles. The maximum atomic E-state index is 13.1. The predicted octanol–water partition coefficient (Wildman–Crippen LogP) is 3.48. The zero-order chi connectivity index (χ0) is 26.7. The fourth-order valence-electron chi connectivity index (χ4n) is 6.32. The van der Waals surface area contributed by atoms with E-state index < -0.39 is 9.84 Å². The SMILES string of the molecule is CS(=O)(=O)c1c(C2CC3CCC(C2)N3c2ncn[nH]2)nc2c(-c3cncc(-c4ccccc4)c3)cnn2c1N. The number of nitrogen functional groups attached to an aromatic ring is 1. The Hall–Kier alpha value is -4.32. The number of pyridine rings is 1. The number of fused-ring (bicyclic) bond motifs is 3. The number of piperidine rings is 1. The number of nitrogens with zero attached hydrogens (tertiary/aromatic N) is 7. The van der Waals surface area contributed by atoms with E-state index in [0.717, 1.165) is 53.9 Å². The molecule has 12 heteroatoms. The van der Waals surface area contributed by atoms with E-state index in [1.54, 1.807) is 12.4 Å². The number of sulfone groups is 1. The number of H-pyrrole nitrogens is 1. The van der Waals surface area contributed by atoms with E-state index in [2.05, 4.69) is 30.2 Å². The molecule has 3 N–H and O–H groups in total. The summed E-state index contributed by atoms with van der Waals surface area (Å²) in [6.45, 7) is 0. The third-order valence-corrected chi connectivity index (χ3v) is 9.12. The largest absolute Gasteiger partial charge is 0.382 e. The number of benzene rings is 1. The first-order valence-corrected chi connectivity index (χ1v) is 14.8. The molecule has 5 aromatic rings. The van der Waals surface area contributed by atoms with E-state index in [9.17, 15) is 8.42 Å². The second-order valence-corrected chi connectivity index (χ2v) is 12.3. The molecule has 7 rings (SSSR count). The molecule has 2 bridgehead atoms. The standard InChI is InChI=1S/C27H27N9O2S/c1-39(37,38)24-23(17-10-20-7-8-21(11-17)35(20)27-30-15-31-34-27)33-26-22(14-32-36(26)25(24)28)19-9-18(12-29-13-19)16-5-3-2-4-6-16/h2-6,9,12-15,17,20-21H,7-8,10-11,28H2,1H3,(H,30,31,34). The maximum Gasteiger partial charge on any atom is 0.221 e. The summed E-state index contributed by atoms with van der Waals surface area (Å²) in [5, 5.41) is 11.5. The van der Waals surface area contributed by atoms with Crippen molar-refractivity contribution in [2.45, 2.75) is 48.6 Å². The van der Waals surface area contributed by atoms with Crippen LogP contribution in [-0.2, 0) is 9.84 Å². The molecule has 198 valence electrons. The molecule has 4 aromatic heterocycles. The highest BCUT2D eigenvalue weighted by Gasteiger charge is 2.44. The number of nitrogens with two attached hydrogens (primary N) is 1. The Morgan fingerprint density at radius 1 is 1.00 bits per heavy atom. The lowest BCUT2D eigenvalue weighted by molar-refractivity contribution is 0.400. The van der Waals surface area contributed by atoms with Crippen LogP contribution < -0.4 is 10.6 Å². The van der Waals surface area contributed by atoms with E-state index >= 15 is 0 Å². The topological polar surface area (TPSA) is 148 Å². The normalized spacial score (nSPS) is 21.1. The number of anilines is 2. The van der Waals surface area contributed by atoms with Gasteiger partial charge in [0.2, 0.25) is 5.95 Å². The van der Waals surface area contributed by atoms with Crippen LogP contribution >= 0.6 is 0 Å². The van der Waals surface area contributed by atoms with Gasteiger partial charge in [0.15, 0.2) is 15.5 Å². The first-order chi connectivity index (χ1) is 18.9. The van der Waals surface area contributed by atoms with Gasteiger partial charge in [-0.1, -0.05) is 30.3 Å². The fraction of sp³-hybridized carbons (Fsp3) is 0.296. The minimum atomic E-state index is -3.68. The van der Waals surface area contributed by atoms with Gasteiger partial charge in [0.25, 0.3) is 0 Å². The summed E-state index contributed by atoms with van der Waals surface area (Å²) in [6.07, 6.45) is 11.5. The first kappa shape index (κ1) is 23.8. The van der Waals surface area contributed by atoms with Crippen LogP contribution in [0.25, 0.3) is 27.9 Å². The van der Waals surface area contributed by atoms with Crippen molar-refractivity contribution in [1.29, 1.82) is 0 Å². The van der Waals surface area contributed by atoms with Crippen LogP contribution in [0.1, 0.15) is 37.3 Å². The van der Waals surface area contributed by atoms with Crippen molar-refractivity contribution in [3.05, 3.63) is 67.0 Å². The Labute approximate surface area is 225 Å². The number of aromatic nitrogens is 7. The molecular weight excluding hydrogens is 514 g/mol. The van der Waals surface area contributed by atoms with Gasteiger partial charge < -0.3 is 10.6 Å². The highest BCUT2D eigenvalue weighted by Crippen LogP contribution is 2.46. The quantitative estimate of drug-likeness (QED) is 0.341. The zero-order valence-corrected chi connectivity index (χ0v) is 22.1. The average Bonchev–Trinajstić information content (AvgIpc) is 3.66. The summed E-state index contributed by atoms with van der Waals surface area (Å²) in [4.78, 5) is 16.2. The Balaban J connectivity index is 1.35. The molecule has 0 spiro atoms. The number of hydrogen-bond acceptors (Lipinski definition) is 9. The van der Waals surface area contributed by atoms with Crippen LogP contribution in [0.4, 0.5) is 11.8 Å². The van der Waals surface area contributed by atoms with Crippen molar-refractivity contribution in [2.24, 2.45) is 0 Å². The lowest BCUT2D eigenvalue weighted by Crippen LogP contribution is -2.43. The van der Waals surface area contributed by atoms with Crippen molar-refractivity contribution in [3.8, 4) is 22.3 Å². The van der Waals surface area contributed by atoms with E-state index in [4.69, 9.17) is 10.7 Å². The van der Waals surface area contributed by atoms with Crippen LogP contribution in [-0.4, -0.2) is 61.5 Å². The van der Waals surface area contributed by atoms with Crippen LogP contribution in [0.2, 0.25) is 0 Å². The molecule has 0 radical (unpaired) electrons. The van der Waals surface area contributed by atoms with Gasteiger partial charge in [-0.3, -0.25) is 4.98 Å². The molecule has 0 aliphatic carbocycles. The fourth-order valence-corrected chi connectivity index (χ4v) is 7.38. The molecule has 39 heavy (non-hydrogen) atoms. The van der Waals surface area contributed by atoms with Crippen LogP contribution in [0, 0.1) is 0 Å². The van der Waals surface area contributed by atoms with E-state index in [1.165, 1.54) is 17.1 Å². The molecule has 11 nitrogen and oxygen atoms in total. The molecule has 0 saturated carbocycles. The van der Waals surface area contributed by atoms with Crippen molar-refractivity contribution in [3.63, 3.8) is 0 Å². The Bertz CT molecular complexity index is 1770. The van der Waals surface area contributed by atoms with Crippen LogP contribution in [0.3, 0.4) is 0 Å². The van der Waals surface area contributed by atoms with Crippen molar-refractivity contribution >= 4 is 27.3 Å². The van der Waals surface area contributed by atoms with Gasteiger partial charge in [-0.15, -0.1) is 0 Å². The van der Waals surface area contributed by atoms with E-state index in [1.807, 2.05) is 42.6 Å². The second kappa shape index (κ2) is 8.87. The van der Waals surface area contributed by atoms with Gasteiger partial charge in [-0.05, 0) is 37.3 Å². The van der Waals surface area contributed by atoms with Crippen molar-refractivity contribution in [1.82, 2.24) is 34.8 Å². The molecule has 2 fully saturated rings. The average molecular weight is 542 g/mol. The molecule has 2 unspecified atom stereocenters. The zero-order valence-electron chi connectivity index (χ0n) is 21.3. The number of rotatable bonds is 5. The van der Waals surface area contributed by atoms with Crippen molar-refractivity contribution < 1.29 is 8.42 Å². The number of hydrogen-bond donors (Lipinski definition) is 2. The summed E-state index contributed by atoms with van der Waals surface area (Å²) < 4.78 is 27.6. The molecule has 2 aliphatic rings. The summed E-state index contributed by atoms with van der Waals surface area (Å²) in [6, 6.07) is 12.5. The molecule has 1 aromatic carbocycles. The minimum absolute atomic E-state index is 0.0679. The lowest BCUT2D eigenvalue weighted by atomic mass is 9.88. The molecular formula is C27H27N9O2S. The second-order valence-electron chi connectivity index (χ2n) is 10.4. The van der Waals surface area contributed by atoms with E-state index in [0.29, 0.717) is 11.3 Å². The van der Waals surface area contributed by atoms with Gasteiger partial charge in [0.05, 0.1) is 11.9 Å². The smallest absolute Gasteiger partial charge is 0.221 e. The van der Waals surface area contributed by atoms with Gasteiger partial charge in [0, 0.05) is 53.3 Å². The Kier molecular flexibility index (Phi) is 5.41. The third kappa shape index (κ3) is 3.94. The lowest BCUT2D eigenvalue weighted by Gasteiger charge is -2.38. The van der Waals surface area contributed by atoms with E-state index in [-0.39, 0.29) is 28.7 Å². The monoisotopic (exact) mass is 541 g/mol. The highest BCUT2D eigenvalue weighted by atomic mass is 32.2. The molecule has 2 saturated heterocycles. The third-order valence-electron chi connectivity index (χ3n) is 7.96. The Morgan fingerprint density at radius 2 is 1.74 bits per heavy atom. The highest BCUT2D eigenvalue weighted by molar-refractivity contribution is 7.91. The Morgan fingerprint density at radius 3 is 2.44 bits per heavy atom. The van der Waals surface area contributed by atoms with Crippen LogP contribution in [0.15, 0.2) is 66.2 Å². The number of nitrogens with one attached hydrogen (secondary N) is 1. The van der Waals surface area contributed by atoms with Gasteiger partial charge in [-0.2, -0.15) is 19.7 Å². The molecule has 2 aliphatic heterocycles. The minimum Gasteiger partial charge on any atom is -0.382 e. The summed E-state index contributed by atoms with van der Waals surface area (Å²) >= 11 is 0. The van der Waals surface area contributed by atoms with Gasteiger partial charge in [0.1, 0.15) is 17.0 Å². The number of aromatic amines is 1. The molecule has 0 amide bonds. The van der Waals surface area contributed by atoms with Gasteiger partial charge >= 0.3 is 0 Å². The van der Waals surface area contributed by atoms with Gasteiger partial charge in [-0.25, -0.2) is 18.5 Å².